The van der Waals surface area contributed by atoms with E-state index in [-0.39, 0.29) is 51.7 Å². The molecule has 0 bridgehead atoms. The van der Waals surface area contributed by atoms with E-state index in [1.165, 1.54) is 18.2 Å². The molecular weight excluding hydrogens is 577 g/mol. The zero-order valence-corrected chi connectivity index (χ0v) is 22.7. The van der Waals surface area contributed by atoms with E-state index in [4.69, 9.17) is 10.5 Å². The number of nitrogens with one attached hydrogen (secondary N) is 2. The molecule has 9 nitrogen and oxygen atoms in total. The molecule has 14 heteroatoms. The number of carbonyl (C=O) groups is 2. The molecule has 0 spiro atoms. The number of hydrogen-bond donors (Lipinski definition) is 4. The summed E-state index contributed by atoms with van der Waals surface area (Å²) in [6.07, 6.45) is -4.21. The first-order chi connectivity index (χ1) is 20.3. The summed E-state index contributed by atoms with van der Waals surface area (Å²) < 4.78 is 77.6. The molecule has 2 amide bonds. The van der Waals surface area contributed by atoms with Gasteiger partial charge < -0.3 is 25.9 Å². The number of imidazole rings is 1. The number of amides is 2. The van der Waals surface area contributed by atoms with Gasteiger partial charge in [0.15, 0.2) is 0 Å². The van der Waals surface area contributed by atoms with Crippen LogP contribution >= 0.6 is 0 Å². The van der Waals surface area contributed by atoms with Crippen molar-refractivity contribution >= 4 is 22.8 Å². The highest BCUT2D eigenvalue weighted by atomic mass is 19.4. The maximum Gasteiger partial charge on any atom is 0.424 e. The van der Waals surface area contributed by atoms with Gasteiger partial charge in [0.2, 0.25) is 11.5 Å². The van der Waals surface area contributed by atoms with E-state index in [1.807, 2.05) is 5.32 Å². The zero-order valence-electron chi connectivity index (χ0n) is 22.7. The molecule has 1 aliphatic carbocycles. The zero-order chi connectivity index (χ0) is 31.1. The number of carbonyl (C=O) groups excluding carboxylic acids is 2. The van der Waals surface area contributed by atoms with Gasteiger partial charge in [-0.15, -0.1) is 0 Å². The lowest BCUT2D eigenvalue weighted by molar-refractivity contribution is -0.265. The first-order valence-electron chi connectivity index (χ1n) is 13.3. The molecule has 0 aliphatic heterocycles. The topological polar surface area (TPSA) is 143 Å². The van der Waals surface area contributed by atoms with E-state index in [2.05, 4.69) is 15.0 Å². The standard InChI is InChI=1S/C29H26F5N5O4/c1-2-43-25-16(12-22(35)40)11-21(38-23(25)14-5-7-18(30)8-6-14)28(42,29(32,33)34)13-36-27(41)17-9-19(31)24-20(10-17)37-26(39-24)15-3-4-15/h5-11,15,42H,2-4,12-13H2,1H3,(H2,35,40)(H,36,41)(H,37,39)/t28-/m0/s1. The molecule has 1 aliphatic rings. The monoisotopic (exact) mass is 603 g/mol. The number of primary amides is 1. The lowest BCUT2D eigenvalue weighted by Crippen LogP contribution is -2.51. The number of nitrogens with two attached hydrogens (primary N) is 1. The fraction of sp³-hybridized carbons (Fsp3) is 0.310. The summed E-state index contributed by atoms with van der Waals surface area (Å²) in [6, 6.07) is 7.47. The Balaban J connectivity index is 1.54. The lowest BCUT2D eigenvalue weighted by Gasteiger charge is -2.31. The van der Waals surface area contributed by atoms with Crippen LogP contribution in [-0.2, 0) is 16.8 Å². The van der Waals surface area contributed by atoms with Crippen LogP contribution in [0.3, 0.4) is 0 Å². The van der Waals surface area contributed by atoms with Crippen LogP contribution in [0, 0.1) is 11.6 Å². The molecule has 1 atom stereocenters. The number of ether oxygens (including phenoxy) is 1. The van der Waals surface area contributed by atoms with Crippen molar-refractivity contribution in [2.24, 2.45) is 5.73 Å². The fourth-order valence-corrected chi connectivity index (χ4v) is 4.64. The van der Waals surface area contributed by atoms with Gasteiger partial charge in [-0.2, -0.15) is 13.2 Å². The number of H-pyrrole nitrogens is 1. The molecule has 2 heterocycles. The van der Waals surface area contributed by atoms with Crippen LogP contribution in [0.1, 0.15) is 53.1 Å². The molecule has 0 radical (unpaired) electrons. The first-order valence-corrected chi connectivity index (χ1v) is 13.3. The van der Waals surface area contributed by atoms with E-state index in [0.717, 1.165) is 37.1 Å². The largest absolute Gasteiger partial charge is 0.491 e. The quantitative estimate of drug-likeness (QED) is 0.198. The van der Waals surface area contributed by atoms with Crippen molar-refractivity contribution in [1.82, 2.24) is 20.3 Å². The minimum atomic E-state index is -5.40. The predicted molar refractivity (Wildman–Crippen MR) is 144 cm³/mol. The number of aromatic amines is 1. The van der Waals surface area contributed by atoms with Crippen molar-refractivity contribution in [3.8, 4) is 17.0 Å². The van der Waals surface area contributed by atoms with Crippen molar-refractivity contribution in [3.63, 3.8) is 0 Å². The second-order valence-electron chi connectivity index (χ2n) is 10.2. The SMILES string of the molecule is CCOc1c(CC(N)=O)cc([C@@](O)(CNC(=O)c2cc(F)c3[nH]c(C4CC4)nc3c2)C(F)(F)F)nc1-c1ccc(F)cc1. The van der Waals surface area contributed by atoms with E-state index in [1.54, 1.807) is 6.92 Å². The van der Waals surface area contributed by atoms with Crippen LogP contribution in [0.25, 0.3) is 22.3 Å². The van der Waals surface area contributed by atoms with E-state index >= 15 is 0 Å². The number of hydrogen-bond acceptors (Lipinski definition) is 6. The average Bonchev–Trinajstić information content (AvgIpc) is 3.70. The van der Waals surface area contributed by atoms with Crippen molar-refractivity contribution < 1.29 is 41.4 Å². The molecule has 226 valence electrons. The van der Waals surface area contributed by atoms with Crippen LogP contribution in [0.15, 0.2) is 42.5 Å². The van der Waals surface area contributed by atoms with Crippen molar-refractivity contribution in [2.75, 3.05) is 13.2 Å². The van der Waals surface area contributed by atoms with Crippen LogP contribution in [-0.4, -0.2) is 51.2 Å². The van der Waals surface area contributed by atoms with Gasteiger partial charge in [-0.1, -0.05) is 0 Å². The highest BCUT2D eigenvalue weighted by Crippen LogP contribution is 2.42. The van der Waals surface area contributed by atoms with Crippen LogP contribution in [0.5, 0.6) is 5.75 Å². The number of benzene rings is 2. The highest BCUT2D eigenvalue weighted by Gasteiger charge is 2.56. The number of aliphatic hydroxyl groups is 1. The normalized spacial score (nSPS) is 14.9. The number of alkyl halides is 3. The molecule has 2 aromatic heterocycles. The van der Waals surface area contributed by atoms with Gasteiger partial charge in [0, 0.05) is 22.6 Å². The number of pyridine rings is 1. The minimum absolute atomic E-state index is 0.0274. The molecule has 4 aromatic rings. The third-order valence-electron chi connectivity index (χ3n) is 7.01. The van der Waals surface area contributed by atoms with Crippen LogP contribution in [0.4, 0.5) is 22.0 Å². The summed E-state index contributed by atoms with van der Waals surface area (Å²) in [5, 5.41) is 13.1. The van der Waals surface area contributed by atoms with E-state index in [9.17, 15) is 36.6 Å². The second kappa shape index (κ2) is 11.2. The summed E-state index contributed by atoms with van der Waals surface area (Å²) in [6.45, 7) is 0.191. The summed E-state index contributed by atoms with van der Waals surface area (Å²) in [5.41, 5.74) is 0.230. The van der Waals surface area contributed by atoms with Gasteiger partial charge >= 0.3 is 6.18 Å². The minimum Gasteiger partial charge on any atom is -0.491 e. The maximum absolute atomic E-state index is 14.7. The lowest BCUT2D eigenvalue weighted by atomic mass is 9.93. The fourth-order valence-electron chi connectivity index (χ4n) is 4.64. The van der Waals surface area contributed by atoms with E-state index < -0.39 is 53.9 Å². The van der Waals surface area contributed by atoms with Crippen LogP contribution in [0.2, 0.25) is 0 Å². The molecule has 0 saturated heterocycles. The molecule has 5 N–H and O–H groups in total. The van der Waals surface area contributed by atoms with Gasteiger partial charge in [0.05, 0.1) is 30.8 Å². The van der Waals surface area contributed by atoms with E-state index in [0.29, 0.717) is 5.82 Å². The van der Waals surface area contributed by atoms with Crippen molar-refractivity contribution in [3.05, 3.63) is 76.7 Å². The molecule has 2 aromatic carbocycles. The van der Waals surface area contributed by atoms with Crippen molar-refractivity contribution in [2.45, 2.75) is 43.9 Å². The Bertz CT molecular complexity index is 1700. The van der Waals surface area contributed by atoms with Gasteiger partial charge in [-0.3, -0.25) is 9.59 Å². The number of rotatable bonds is 10. The maximum atomic E-state index is 14.7. The van der Waals surface area contributed by atoms with Gasteiger partial charge in [-0.25, -0.2) is 18.7 Å². The summed E-state index contributed by atoms with van der Waals surface area (Å²) in [7, 11) is 0. The molecule has 0 unspecified atom stereocenters. The Labute approximate surface area is 241 Å². The third-order valence-corrected chi connectivity index (χ3v) is 7.01. The van der Waals surface area contributed by atoms with Crippen LogP contribution < -0.4 is 15.8 Å². The third kappa shape index (κ3) is 6.00. The number of nitrogens with zero attached hydrogens (tertiary/aromatic N) is 2. The molecule has 1 fully saturated rings. The summed E-state index contributed by atoms with van der Waals surface area (Å²) in [4.78, 5) is 36.0. The Morgan fingerprint density at radius 1 is 1.12 bits per heavy atom. The molecular formula is C29H26F5N5O4. The van der Waals surface area contributed by atoms with Gasteiger partial charge in [-0.05, 0) is 62.2 Å². The smallest absolute Gasteiger partial charge is 0.424 e. The Hall–Kier alpha value is -4.59. The first kappa shape index (κ1) is 29.9. The van der Waals surface area contributed by atoms with Gasteiger partial charge in [0.1, 0.15) is 34.4 Å². The number of aromatic nitrogens is 3. The van der Waals surface area contributed by atoms with Gasteiger partial charge in [0.25, 0.3) is 5.91 Å². The Morgan fingerprint density at radius 2 is 1.81 bits per heavy atom. The molecule has 1 saturated carbocycles. The summed E-state index contributed by atoms with van der Waals surface area (Å²) in [5.74, 6) is -2.83. The average molecular weight is 604 g/mol. The van der Waals surface area contributed by atoms with Crippen molar-refractivity contribution in [1.29, 1.82) is 0 Å². The second-order valence-corrected chi connectivity index (χ2v) is 10.2. The number of halogens is 5. The summed E-state index contributed by atoms with van der Waals surface area (Å²) >= 11 is 0. The Morgan fingerprint density at radius 3 is 2.42 bits per heavy atom. The predicted octanol–water partition coefficient (Wildman–Crippen LogP) is 4.39. The highest BCUT2D eigenvalue weighted by molar-refractivity contribution is 5.97. The Kier molecular flexibility index (Phi) is 7.82. The molecule has 43 heavy (non-hydrogen) atoms. The molecule has 5 rings (SSSR count). The number of fused-ring (bicyclic) bond motifs is 1.